The SMILES string of the molecule is CC(Nc1ccc(I)cc1[N+](=O)[O-])C(=O)O. The van der Waals surface area contributed by atoms with Crippen LogP contribution in [0.15, 0.2) is 18.2 Å². The van der Waals surface area contributed by atoms with Gasteiger partial charge in [-0.1, -0.05) is 0 Å². The molecule has 0 aliphatic carbocycles. The maximum Gasteiger partial charge on any atom is 0.325 e. The lowest BCUT2D eigenvalue weighted by Crippen LogP contribution is -2.25. The molecule has 1 aromatic rings. The Kier molecular flexibility index (Phi) is 4.05. The molecule has 0 aliphatic rings. The van der Waals surface area contributed by atoms with Gasteiger partial charge < -0.3 is 10.4 Å². The lowest BCUT2D eigenvalue weighted by molar-refractivity contribution is -0.384. The maximum absolute atomic E-state index is 10.7. The highest BCUT2D eigenvalue weighted by molar-refractivity contribution is 14.1. The van der Waals surface area contributed by atoms with E-state index in [1.54, 1.807) is 6.07 Å². The second-order valence-corrected chi connectivity index (χ2v) is 4.37. The van der Waals surface area contributed by atoms with E-state index < -0.39 is 16.9 Å². The van der Waals surface area contributed by atoms with Gasteiger partial charge in [0.05, 0.1) is 4.92 Å². The second-order valence-electron chi connectivity index (χ2n) is 3.12. The number of nitrogens with zero attached hydrogens (tertiary/aromatic N) is 1. The van der Waals surface area contributed by atoms with Crippen LogP contribution in [0.25, 0.3) is 0 Å². The third kappa shape index (κ3) is 3.05. The number of aliphatic carboxylic acids is 1. The Morgan fingerprint density at radius 3 is 2.75 bits per heavy atom. The quantitative estimate of drug-likeness (QED) is 0.499. The van der Waals surface area contributed by atoms with Crippen LogP contribution in [0.1, 0.15) is 6.92 Å². The van der Waals surface area contributed by atoms with Crippen LogP contribution in [0.4, 0.5) is 11.4 Å². The van der Waals surface area contributed by atoms with Gasteiger partial charge in [0, 0.05) is 9.64 Å². The highest BCUT2D eigenvalue weighted by Crippen LogP contribution is 2.26. The van der Waals surface area contributed by atoms with E-state index in [0.29, 0.717) is 0 Å². The summed E-state index contributed by atoms with van der Waals surface area (Å²) in [7, 11) is 0. The van der Waals surface area contributed by atoms with Crippen LogP contribution in [0, 0.1) is 13.7 Å². The molecule has 0 amide bonds. The molecule has 1 atom stereocenters. The van der Waals surface area contributed by atoms with Gasteiger partial charge >= 0.3 is 5.97 Å². The zero-order chi connectivity index (χ0) is 12.3. The Morgan fingerprint density at radius 1 is 1.62 bits per heavy atom. The number of nitro groups is 1. The molecule has 2 N–H and O–H groups in total. The van der Waals surface area contributed by atoms with Crippen molar-refractivity contribution in [3.8, 4) is 0 Å². The van der Waals surface area contributed by atoms with E-state index in [1.165, 1.54) is 19.1 Å². The van der Waals surface area contributed by atoms with Crippen molar-refractivity contribution < 1.29 is 14.8 Å². The van der Waals surface area contributed by atoms with Crippen molar-refractivity contribution in [3.63, 3.8) is 0 Å². The van der Waals surface area contributed by atoms with Crippen LogP contribution in [-0.4, -0.2) is 22.0 Å². The van der Waals surface area contributed by atoms with Crippen molar-refractivity contribution in [1.82, 2.24) is 0 Å². The van der Waals surface area contributed by atoms with Gasteiger partial charge in [-0.2, -0.15) is 0 Å². The van der Waals surface area contributed by atoms with Gasteiger partial charge in [0.25, 0.3) is 5.69 Å². The zero-order valence-corrected chi connectivity index (χ0v) is 10.5. The minimum atomic E-state index is -1.06. The third-order valence-electron chi connectivity index (χ3n) is 1.90. The van der Waals surface area contributed by atoms with Gasteiger partial charge in [-0.3, -0.25) is 14.9 Å². The highest BCUT2D eigenvalue weighted by atomic mass is 127. The molecule has 86 valence electrons. The van der Waals surface area contributed by atoms with Crippen LogP contribution in [0.2, 0.25) is 0 Å². The molecule has 0 aliphatic heterocycles. The van der Waals surface area contributed by atoms with Crippen molar-refractivity contribution in [3.05, 3.63) is 31.9 Å². The van der Waals surface area contributed by atoms with Gasteiger partial charge in [-0.25, -0.2) is 0 Å². The normalized spacial score (nSPS) is 11.9. The Balaban J connectivity index is 3.04. The third-order valence-corrected chi connectivity index (χ3v) is 2.57. The monoisotopic (exact) mass is 336 g/mol. The average molecular weight is 336 g/mol. The molecule has 0 saturated carbocycles. The standard InChI is InChI=1S/C9H9IN2O4/c1-5(9(13)14)11-7-3-2-6(10)4-8(7)12(15)16/h2-5,11H,1H3,(H,13,14). The van der Waals surface area contributed by atoms with Crippen molar-refractivity contribution in [2.45, 2.75) is 13.0 Å². The first kappa shape index (κ1) is 12.7. The highest BCUT2D eigenvalue weighted by Gasteiger charge is 2.18. The molecule has 7 heteroatoms. The van der Waals surface area contributed by atoms with Crippen molar-refractivity contribution >= 4 is 39.9 Å². The Morgan fingerprint density at radius 2 is 2.25 bits per heavy atom. The molecule has 1 aromatic carbocycles. The predicted molar refractivity (Wildman–Crippen MR) is 66.5 cm³/mol. The minimum absolute atomic E-state index is 0.125. The van der Waals surface area contributed by atoms with Gasteiger partial charge in [-0.15, -0.1) is 0 Å². The van der Waals surface area contributed by atoms with Crippen LogP contribution in [0.3, 0.4) is 0 Å². The molecule has 1 rings (SSSR count). The second kappa shape index (κ2) is 5.10. The molecular weight excluding hydrogens is 327 g/mol. The minimum Gasteiger partial charge on any atom is -0.480 e. The number of nitrogens with one attached hydrogen (secondary N) is 1. The number of rotatable bonds is 4. The summed E-state index contributed by atoms with van der Waals surface area (Å²) >= 11 is 1.95. The number of benzene rings is 1. The Labute approximate surface area is 105 Å². The first-order chi connectivity index (χ1) is 7.41. The topological polar surface area (TPSA) is 92.5 Å². The zero-order valence-electron chi connectivity index (χ0n) is 8.31. The molecule has 0 saturated heterocycles. The molecule has 0 bridgehead atoms. The van der Waals surface area contributed by atoms with Crippen molar-refractivity contribution in [2.75, 3.05) is 5.32 Å². The van der Waals surface area contributed by atoms with Gasteiger partial charge in [0.2, 0.25) is 0 Å². The van der Waals surface area contributed by atoms with Gasteiger partial charge in [0.15, 0.2) is 0 Å². The number of nitro benzene ring substituents is 1. The number of carbonyl (C=O) groups is 1. The largest absolute Gasteiger partial charge is 0.480 e. The summed E-state index contributed by atoms with van der Waals surface area (Å²) in [5.74, 6) is -1.06. The number of halogens is 1. The predicted octanol–water partition coefficient (Wildman–Crippen LogP) is 2.08. The van der Waals surface area contributed by atoms with E-state index in [0.717, 1.165) is 3.57 Å². The molecule has 0 radical (unpaired) electrons. The summed E-state index contributed by atoms with van der Waals surface area (Å²) in [6, 6.07) is 3.68. The molecule has 0 aromatic heterocycles. The average Bonchev–Trinajstić information content (AvgIpc) is 2.20. The summed E-state index contributed by atoms with van der Waals surface area (Å²) in [6.07, 6.45) is 0. The van der Waals surface area contributed by atoms with Crippen molar-refractivity contribution in [2.24, 2.45) is 0 Å². The van der Waals surface area contributed by atoms with Crippen LogP contribution < -0.4 is 5.32 Å². The molecule has 0 spiro atoms. The fourth-order valence-corrected chi connectivity index (χ4v) is 1.55. The van der Waals surface area contributed by atoms with Crippen LogP contribution >= 0.6 is 22.6 Å². The number of hydrogen-bond donors (Lipinski definition) is 2. The number of hydrogen-bond acceptors (Lipinski definition) is 4. The first-order valence-electron chi connectivity index (χ1n) is 4.35. The molecule has 0 heterocycles. The molecule has 1 unspecified atom stereocenters. The van der Waals surface area contributed by atoms with E-state index >= 15 is 0 Å². The number of anilines is 1. The van der Waals surface area contributed by atoms with Crippen LogP contribution in [-0.2, 0) is 4.79 Å². The van der Waals surface area contributed by atoms with Gasteiger partial charge in [-0.05, 0) is 41.6 Å². The van der Waals surface area contributed by atoms with Crippen molar-refractivity contribution in [1.29, 1.82) is 0 Å². The molecule has 16 heavy (non-hydrogen) atoms. The van der Waals surface area contributed by atoms with Crippen LogP contribution in [0.5, 0.6) is 0 Å². The van der Waals surface area contributed by atoms with Gasteiger partial charge in [0.1, 0.15) is 11.7 Å². The lowest BCUT2D eigenvalue weighted by Gasteiger charge is -2.10. The van der Waals surface area contributed by atoms with E-state index in [1.807, 2.05) is 22.6 Å². The summed E-state index contributed by atoms with van der Waals surface area (Å²) in [6.45, 7) is 1.42. The molecule has 0 fully saturated rings. The number of carboxylic acids is 1. The maximum atomic E-state index is 10.7. The summed E-state index contributed by atoms with van der Waals surface area (Å²) in [4.78, 5) is 20.8. The first-order valence-corrected chi connectivity index (χ1v) is 5.43. The van der Waals surface area contributed by atoms with E-state index in [9.17, 15) is 14.9 Å². The molecular formula is C9H9IN2O4. The smallest absolute Gasteiger partial charge is 0.325 e. The summed E-state index contributed by atoms with van der Waals surface area (Å²) < 4.78 is 0.720. The number of carboxylic acid groups (broad SMARTS) is 1. The Hall–Kier alpha value is -1.38. The molecule has 6 nitrogen and oxygen atoms in total. The summed E-state index contributed by atoms with van der Waals surface area (Å²) in [5, 5.41) is 22.0. The summed E-state index contributed by atoms with van der Waals surface area (Å²) in [5.41, 5.74) is 0.0836. The van der Waals surface area contributed by atoms with E-state index in [2.05, 4.69) is 5.32 Å². The lowest BCUT2D eigenvalue weighted by atomic mass is 10.2. The fraction of sp³-hybridized carbons (Fsp3) is 0.222. The fourth-order valence-electron chi connectivity index (χ4n) is 1.07. The Bertz CT molecular complexity index is 436. The van der Waals surface area contributed by atoms with E-state index in [4.69, 9.17) is 5.11 Å². The van der Waals surface area contributed by atoms with E-state index in [-0.39, 0.29) is 11.4 Å².